The van der Waals surface area contributed by atoms with Crippen molar-refractivity contribution >= 4 is 28.5 Å². The molecule has 0 fully saturated rings. The maximum absolute atomic E-state index is 12.6. The highest BCUT2D eigenvalue weighted by Gasteiger charge is 2.20. The molecule has 1 aliphatic heterocycles. The van der Waals surface area contributed by atoms with Crippen molar-refractivity contribution in [1.82, 2.24) is 4.90 Å². The number of fused-ring (bicyclic) bond motifs is 1. The number of nitrogens with zero attached hydrogens (tertiary/aromatic N) is 1. The molecule has 0 bridgehead atoms. The normalized spacial score (nSPS) is 14.4. The Kier molecular flexibility index (Phi) is 4.14. The number of carbonyl (C=O) groups is 1. The summed E-state index contributed by atoms with van der Waals surface area (Å²) < 4.78 is 0.757. The average Bonchev–Trinajstić information content (AvgIpc) is 2.72. The van der Waals surface area contributed by atoms with Gasteiger partial charge in [0.25, 0.3) is 5.91 Å². The van der Waals surface area contributed by atoms with E-state index in [-0.39, 0.29) is 11.7 Å². The van der Waals surface area contributed by atoms with Gasteiger partial charge in [0.2, 0.25) is 0 Å². The number of halogens is 1. The van der Waals surface area contributed by atoms with Gasteiger partial charge in [-0.15, -0.1) is 0 Å². The highest BCUT2D eigenvalue weighted by molar-refractivity contribution is 14.1. The first kappa shape index (κ1) is 14.4. The van der Waals surface area contributed by atoms with Crippen molar-refractivity contribution in [3.63, 3.8) is 0 Å². The van der Waals surface area contributed by atoms with Gasteiger partial charge >= 0.3 is 0 Å². The molecule has 1 heterocycles. The fourth-order valence-electron chi connectivity index (χ4n) is 2.70. The van der Waals surface area contributed by atoms with Crippen LogP contribution in [0.25, 0.3) is 0 Å². The molecule has 0 spiro atoms. The van der Waals surface area contributed by atoms with Crippen molar-refractivity contribution in [2.24, 2.45) is 0 Å². The molecule has 2 aromatic carbocycles. The molecule has 3 nitrogen and oxygen atoms in total. The molecule has 0 saturated carbocycles. The molecule has 0 aliphatic carbocycles. The van der Waals surface area contributed by atoms with Gasteiger partial charge in [-0.25, -0.2) is 0 Å². The first-order chi connectivity index (χ1) is 10.1. The molecule has 3 rings (SSSR count). The molecule has 0 aromatic heterocycles. The molecule has 1 N–H and O–H groups in total. The molecule has 1 amide bonds. The SMILES string of the molecule is O=C(c1ccc(I)c(O)c1)N1CCc2ccccc2CC1. The van der Waals surface area contributed by atoms with E-state index in [1.165, 1.54) is 11.1 Å². The summed E-state index contributed by atoms with van der Waals surface area (Å²) in [7, 11) is 0. The van der Waals surface area contributed by atoms with Crippen molar-refractivity contribution in [2.45, 2.75) is 12.8 Å². The minimum absolute atomic E-state index is 0.00509. The van der Waals surface area contributed by atoms with Crippen LogP contribution in [0.2, 0.25) is 0 Å². The van der Waals surface area contributed by atoms with Gasteiger partial charge in [-0.3, -0.25) is 4.79 Å². The van der Waals surface area contributed by atoms with Crippen molar-refractivity contribution < 1.29 is 9.90 Å². The molecule has 0 atom stereocenters. The zero-order valence-electron chi connectivity index (χ0n) is 11.6. The number of phenolic OH excluding ortho intramolecular Hbond substituents is 1. The van der Waals surface area contributed by atoms with E-state index in [4.69, 9.17) is 0 Å². The fraction of sp³-hybridized carbons (Fsp3) is 0.235. The number of amides is 1. The van der Waals surface area contributed by atoms with Gasteiger partial charge in [0.05, 0.1) is 3.57 Å². The minimum atomic E-state index is -0.00509. The quantitative estimate of drug-likeness (QED) is 0.756. The van der Waals surface area contributed by atoms with Gasteiger partial charge in [-0.1, -0.05) is 24.3 Å². The molecule has 0 radical (unpaired) electrons. The highest BCUT2D eigenvalue weighted by Crippen LogP contribution is 2.22. The number of phenols is 1. The summed E-state index contributed by atoms with van der Waals surface area (Å²) in [5.74, 6) is 0.161. The number of hydrogen-bond acceptors (Lipinski definition) is 2. The number of hydrogen-bond donors (Lipinski definition) is 1. The highest BCUT2D eigenvalue weighted by atomic mass is 127. The van der Waals surface area contributed by atoms with E-state index >= 15 is 0 Å². The topological polar surface area (TPSA) is 40.5 Å². The lowest BCUT2D eigenvalue weighted by Crippen LogP contribution is -2.33. The second-order valence-corrected chi connectivity index (χ2v) is 6.39. The van der Waals surface area contributed by atoms with Crippen LogP contribution in [0.1, 0.15) is 21.5 Å². The van der Waals surface area contributed by atoms with Crippen molar-refractivity contribution in [3.8, 4) is 5.75 Å². The smallest absolute Gasteiger partial charge is 0.254 e. The summed E-state index contributed by atoms with van der Waals surface area (Å²) in [5, 5.41) is 9.77. The fourth-order valence-corrected chi connectivity index (χ4v) is 3.03. The van der Waals surface area contributed by atoms with E-state index < -0.39 is 0 Å². The summed E-state index contributed by atoms with van der Waals surface area (Å²) in [6.07, 6.45) is 1.77. The van der Waals surface area contributed by atoms with Gasteiger partial charge in [0, 0.05) is 18.7 Å². The summed E-state index contributed by atoms with van der Waals surface area (Å²) in [5.41, 5.74) is 3.22. The van der Waals surface area contributed by atoms with Crippen LogP contribution in [0.5, 0.6) is 5.75 Å². The molecular weight excluding hydrogens is 377 g/mol. The number of rotatable bonds is 1. The van der Waals surface area contributed by atoms with Crippen LogP contribution in [0.3, 0.4) is 0 Å². The van der Waals surface area contributed by atoms with Gasteiger partial charge in [-0.2, -0.15) is 0 Å². The second kappa shape index (κ2) is 6.05. The Balaban J connectivity index is 1.79. The van der Waals surface area contributed by atoms with Gasteiger partial charge in [0.1, 0.15) is 5.75 Å². The Bertz CT molecular complexity index is 657. The number of carbonyl (C=O) groups excluding carboxylic acids is 1. The lowest BCUT2D eigenvalue weighted by atomic mass is 10.0. The van der Waals surface area contributed by atoms with E-state index in [0.29, 0.717) is 5.56 Å². The third-order valence-corrected chi connectivity index (χ3v) is 4.81. The molecule has 0 unspecified atom stereocenters. The maximum atomic E-state index is 12.6. The van der Waals surface area contributed by atoms with Gasteiger partial charge < -0.3 is 10.0 Å². The second-order valence-electron chi connectivity index (χ2n) is 5.23. The summed E-state index contributed by atoms with van der Waals surface area (Å²) in [4.78, 5) is 14.5. The molecule has 4 heteroatoms. The van der Waals surface area contributed by atoms with Crippen LogP contribution in [0.15, 0.2) is 42.5 Å². The maximum Gasteiger partial charge on any atom is 0.254 e. The Hall–Kier alpha value is -1.56. The Labute approximate surface area is 137 Å². The molecular formula is C17H16INO2. The Morgan fingerprint density at radius 2 is 1.67 bits per heavy atom. The van der Waals surface area contributed by atoms with Crippen molar-refractivity contribution in [3.05, 3.63) is 62.7 Å². The van der Waals surface area contributed by atoms with Crippen LogP contribution < -0.4 is 0 Å². The molecule has 21 heavy (non-hydrogen) atoms. The average molecular weight is 393 g/mol. The molecule has 108 valence electrons. The van der Waals surface area contributed by atoms with Crippen molar-refractivity contribution in [1.29, 1.82) is 0 Å². The molecule has 0 saturated heterocycles. The zero-order valence-corrected chi connectivity index (χ0v) is 13.7. The number of aromatic hydroxyl groups is 1. The van der Waals surface area contributed by atoms with Crippen LogP contribution in [-0.4, -0.2) is 29.0 Å². The van der Waals surface area contributed by atoms with E-state index in [0.717, 1.165) is 29.5 Å². The zero-order chi connectivity index (χ0) is 14.8. The third kappa shape index (κ3) is 3.05. The predicted molar refractivity (Wildman–Crippen MR) is 90.6 cm³/mol. The third-order valence-electron chi connectivity index (χ3n) is 3.90. The number of benzene rings is 2. The first-order valence-corrected chi connectivity index (χ1v) is 8.07. The summed E-state index contributed by atoms with van der Waals surface area (Å²) in [6.45, 7) is 1.45. The summed E-state index contributed by atoms with van der Waals surface area (Å²) in [6, 6.07) is 13.5. The summed E-state index contributed by atoms with van der Waals surface area (Å²) >= 11 is 2.05. The first-order valence-electron chi connectivity index (χ1n) is 7.00. The minimum Gasteiger partial charge on any atom is -0.507 e. The van der Waals surface area contributed by atoms with Crippen LogP contribution in [0.4, 0.5) is 0 Å². The van der Waals surface area contributed by atoms with Gasteiger partial charge in [-0.05, 0) is 64.8 Å². The lowest BCUT2D eigenvalue weighted by molar-refractivity contribution is 0.0762. The van der Waals surface area contributed by atoms with Crippen LogP contribution >= 0.6 is 22.6 Å². The van der Waals surface area contributed by atoms with E-state index in [1.54, 1.807) is 18.2 Å². The lowest BCUT2D eigenvalue weighted by Gasteiger charge is -2.20. The van der Waals surface area contributed by atoms with Crippen LogP contribution in [0, 0.1) is 3.57 Å². The van der Waals surface area contributed by atoms with Gasteiger partial charge in [0.15, 0.2) is 0 Å². The predicted octanol–water partition coefficient (Wildman–Crippen LogP) is 3.24. The van der Waals surface area contributed by atoms with E-state index in [2.05, 4.69) is 34.7 Å². The van der Waals surface area contributed by atoms with Crippen LogP contribution in [-0.2, 0) is 12.8 Å². The Morgan fingerprint density at radius 3 is 2.24 bits per heavy atom. The Morgan fingerprint density at radius 1 is 1.05 bits per heavy atom. The van der Waals surface area contributed by atoms with Crippen molar-refractivity contribution in [2.75, 3.05) is 13.1 Å². The van der Waals surface area contributed by atoms with E-state index in [1.807, 2.05) is 17.0 Å². The standard InChI is InChI=1S/C17H16INO2/c18-15-6-5-14(11-16(15)20)17(21)19-9-7-12-3-1-2-4-13(12)8-10-19/h1-6,11,20H,7-10H2. The largest absolute Gasteiger partial charge is 0.507 e. The molecule has 2 aromatic rings. The molecule has 1 aliphatic rings. The monoisotopic (exact) mass is 393 g/mol. The van der Waals surface area contributed by atoms with E-state index in [9.17, 15) is 9.90 Å².